The van der Waals surface area contributed by atoms with Crippen molar-refractivity contribution in [1.29, 1.82) is 0 Å². The van der Waals surface area contributed by atoms with Crippen LogP contribution in [-0.2, 0) is 6.42 Å². The molecule has 1 aliphatic rings. The molecular formula is C27H36N2O3. The first-order chi connectivity index (χ1) is 15.6. The van der Waals surface area contributed by atoms with E-state index in [0.717, 1.165) is 61.5 Å². The molecule has 0 aliphatic carbocycles. The second-order valence-corrected chi connectivity index (χ2v) is 8.54. The van der Waals surface area contributed by atoms with Gasteiger partial charge in [0, 0.05) is 13.1 Å². The maximum absolute atomic E-state index is 12.7. The number of fused-ring (bicyclic) bond motifs is 1. The highest BCUT2D eigenvalue weighted by molar-refractivity contribution is 5.90. The molecule has 1 heterocycles. The number of amides is 1. The average Bonchev–Trinajstić information content (AvgIpc) is 2.79. The van der Waals surface area contributed by atoms with Gasteiger partial charge in [-0.15, -0.1) is 6.58 Å². The zero-order chi connectivity index (χ0) is 22.8. The Morgan fingerprint density at radius 1 is 1.09 bits per heavy atom. The maximum atomic E-state index is 12.7. The Balaban J connectivity index is 1.45. The normalized spacial score (nSPS) is 13.0. The summed E-state index contributed by atoms with van der Waals surface area (Å²) in [5, 5.41) is 0. The summed E-state index contributed by atoms with van der Waals surface area (Å²) in [4.78, 5) is 16.8. The van der Waals surface area contributed by atoms with Crippen LogP contribution in [0.4, 0.5) is 10.5 Å². The number of nitrogens with zero attached hydrogens (tertiary/aromatic N) is 2. The summed E-state index contributed by atoms with van der Waals surface area (Å²) in [6.45, 7) is 9.23. The zero-order valence-electron chi connectivity index (χ0n) is 19.5. The minimum absolute atomic E-state index is 0.331. The number of carbonyl (C=O) groups is 1. The molecule has 5 heteroatoms. The highest BCUT2D eigenvalue weighted by Crippen LogP contribution is 2.31. The van der Waals surface area contributed by atoms with Crippen LogP contribution >= 0.6 is 0 Å². The van der Waals surface area contributed by atoms with E-state index in [9.17, 15) is 4.79 Å². The first-order valence-corrected chi connectivity index (χ1v) is 11.7. The number of unbranched alkanes of at least 4 members (excludes halogenated alkanes) is 3. The van der Waals surface area contributed by atoms with E-state index >= 15 is 0 Å². The highest BCUT2D eigenvalue weighted by atomic mass is 16.6. The van der Waals surface area contributed by atoms with Crippen LogP contribution in [0.3, 0.4) is 0 Å². The van der Waals surface area contributed by atoms with Crippen LogP contribution in [0.1, 0.15) is 43.2 Å². The third-order valence-electron chi connectivity index (χ3n) is 5.76. The molecule has 0 fully saturated rings. The number of likely N-dealkylation sites (N-methyl/N-ethyl adjacent to an activating group) is 1. The van der Waals surface area contributed by atoms with E-state index in [2.05, 4.69) is 24.6 Å². The summed E-state index contributed by atoms with van der Waals surface area (Å²) < 4.78 is 11.6. The van der Waals surface area contributed by atoms with Crippen molar-refractivity contribution >= 4 is 11.8 Å². The van der Waals surface area contributed by atoms with Crippen LogP contribution in [0.25, 0.3) is 0 Å². The first-order valence-electron chi connectivity index (χ1n) is 11.7. The van der Waals surface area contributed by atoms with Crippen LogP contribution in [-0.4, -0.2) is 44.3 Å². The van der Waals surface area contributed by atoms with Crippen LogP contribution in [0.15, 0.2) is 55.1 Å². The van der Waals surface area contributed by atoms with E-state index in [1.165, 1.54) is 19.3 Å². The standard InChI is InChI=1S/C27H36N2O3/c1-4-17-28(3)18-7-5-6-8-20-31-25-15-16-26-23(21-25)10-9-19-29(26)27(30)32-24-13-11-22(2)12-14-24/h4,11-16,21H,1,5-10,17-20H2,2-3H3. The lowest BCUT2D eigenvalue weighted by molar-refractivity contribution is 0.207. The van der Waals surface area contributed by atoms with E-state index in [1.54, 1.807) is 4.90 Å². The summed E-state index contributed by atoms with van der Waals surface area (Å²) in [5.74, 6) is 1.45. The van der Waals surface area contributed by atoms with Gasteiger partial charge in [-0.05, 0) is 82.1 Å². The van der Waals surface area contributed by atoms with Gasteiger partial charge in [0.05, 0.1) is 12.3 Å². The lowest BCUT2D eigenvalue weighted by Crippen LogP contribution is -2.37. The van der Waals surface area contributed by atoms with E-state index in [1.807, 2.05) is 49.4 Å². The number of aryl methyl sites for hydroxylation is 2. The Morgan fingerprint density at radius 3 is 2.62 bits per heavy atom. The van der Waals surface area contributed by atoms with E-state index < -0.39 is 0 Å². The fourth-order valence-corrected chi connectivity index (χ4v) is 3.95. The summed E-state index contributed by atoms with van der Waals surface area (Å²) in [7, 11) is 2.13. The first kappa shape index (κ1) is 23.9. The predicted octanol–water partition coefficient (Wildman–Crippen LogP) is 6.00. The lowest BCUT2D eigenvalue weighted by Gasteiger charge is -2.29. The molecule has 1 aliphatic heterocycles. The third kappa shape index (κ3) is 7.13. The lowest BCUT2D eigenvalue weighted by atomic mass is 10.0. The van der Waals surface area contributed by atoms with Crippen molar-refractivity contribution in [2.45, 2.75) is 45.4 Å². The smallest absolute Gasteiger partial charge is 0.419 e. The van der Waals surface area contributed by atoms with Gasteiger partial charge in [0.2, 0.25) is 0 Å². The minimum Gasteiger partial charge on any atom is -0.494 e. The van der Waals surface area contributed by atoms with Gasteiger partial charge in [0.15, 0.2) is 0 Å². The molecule has 0 atom stereocenters. The molecule has 0 saturated heterocycles. The van der Waals surface area contributed by atoms with Gasteiger partial charge in [0.1, 0.15) is 11.5 Å². The molecule has 0 aromatic heterocycles. The molecule has 2 aromatic rings. The fraction of sp³-hybridized carbons (Fsp3) is 0.444. The molecule has 172 valence electrons. The molecule has 3 rings (SSSR count). The Kier molecular flexibility index (Phi) is 9.17. The largest absolute Gasteiger partial charge is 0.494 e. The topological polar surface area (TPSA) is 42.0 Å². The van der Waals surface area contributed by atoms with Crippen molar-refractivity contribution in [2.24, 2.45) is 0 Å². The summed E-state index contributed by atoms with van der Waals surface area (Å²) >= 11 is 0. The molecule has 0 radical (unpaired) electrons. The molecule has 0 unspecified atom stereocenters. The second kappa shape index (κ2) is 12.3. The van der Waals surface area contributed by atoms with Gasteiger partial charge in [-0.25, -0.2) is 4.79 Å². The van der Waals surface area contributed by atoms with Gasteiger partial charge >= 0.3 is 6.09 Å². The Labute approximate surface area is 192 Å². The fourth-order valence-electron chi connectivity index (χ4n) is 3.95. The van der Waals surface area contributed by atoms with Gasteiger partial charge in [-0.1, -0.05) is 36.6 Å². The zero-order valence-corrected chi connectivity index (χ0v) is 19.5. The molecule has 0 N–H and O–H groups in total. The number of ether oxygens (including phenoxy) is 2. The number of hydrogen-bond donors (Lipinski definition) is 0. The Bertz CT molecular complexity index is 879. The van der Waals surface area contributed by atoms with Gasteiger partial charge in [-0.2, -0.15) is 0 Å². The summed E-state index contributed by atoms with van der Waals surface area (Å²) in [5.41, 5.74) is 3.20. The average molecular weight is 437 g/mol. The summed E-state index contributed by atoms with van der Waals surface area (Å²) in [6.07, 6.45) is 8.12. The quantitative estimate of drug-likeness (QED) is 0.320. The molecule has 2 aromatic carbocycles. The molecule has 5 nitrogen and oxygen atoms in total. The molecule has 0 saturated carbocycles. The minimum atomic E-state index is -0.331. The number of hydrogen-bond acceptors (Lipinski definition) is 4. The van der Waals surface area contributed by atoms with Crippen molar-refractivity contribution in [1.82, 2.24) is 4.90 Å². The highest BCUT2D eigenvalue weighted by Gasteiger charge is 2.24. The van der Waals surface area contributed by atoms with Crippen molar-refractivity contribution in [3.8, 4) is 11.5 Å². The third-order valence-corrected chi connectivity index (χ3v) is 5.76. The number of benzene rings is 2. The second-order valence-electron chi connectivity index (χ2n) is 8.54. The number of anilines is 1. The van der Waals surface area contributed by atoms with E-state index in [-0.39, 0.29) is 6.09 Å². The van der Waals surface area contributed by atoms with E-state index in [0.29, 0.717) is 12.3 Å². The monoisotopic (exact) mass is 436 g/mol. The van der Waals surface area contributed by atoms with Gasteiger partial charge in [-0.3, -0.25) is 4.90 Å². The summed E-state index contributed by atoms with van der Waals surface area (Å²) in [6, 6.07) is 13.6. The predicted molar refractivity (Wildman–Crippen MR) is 131 cm³/mol. The molecule has 0 spiro atoms. The van der Waals surface area contributed by atoms with Crippen molar-refractivity contribution in [3.63, 3.8) is 0 Å². The van der Waals surface area contributed by atoms with Crippen LogP contribution in [0.5, 0.6) is 11.5 Å². The molecule has 0 bridgehead atoms. The Hall–Kier alpha value is -2.79. The SMILES string of the molecule is C=CCN(C)CCCCCCOc1ccc2c(c1)CCCN2C(=O)Oc1ccc(C)cc1. The van der Waals surface area contributed by atoms with Gasteiger partial charge < -0.3 is 14.4 Å². The van der Waals surface area contributed by atoms with Crippen LogP contribution in [0.2, 0.25) is 0 Å². The van der Waals surface area contributed by atoms with Crippen molar-refractivity contribution < 1.29 is 14.3 Å². The van der Waals surface area contributed by atoms with Crippen LogP contribution in [0, 0.1) is 6.92 Å². The van der Waals surface area contributed by atoms with Crippen LogP contribution < -0.4 is 14.4 Å². The van der Waals surface area contributed by atoms with Crippen molar-refractivity contribution in [3.05, 3.63) is 66.2 Å². The van der Waals surface area contributed by atoms with Gasteiger partial charge in [0.25, 0.3) is 0 Å². The molecule has 32 heavy (non-hydrogen) atoms. The van der Waals surface area contributed by atoms with E-state index in [4.69, 9.17) is 9.47 Å². The maximum Gasteiger partial charge on any atom is 0.419 e. The Morgan fingerprint density at radius 2 is 1.84 bits per heavy atom. The number of carbonyl (C=O) groups excluding carboxylic acids is 1. The molecular weight excluding hydrogens is 400 g/mol. The number of rotatable bonds is 11. The molecule has 1 amide bonds. The van der Waals surface area contributed by atoms with Crippen molar-refractivity contribution in [2.75, 3.05) is 38.2 Å².